The first-order valence-electron chi connectivity index (χ1n) is 6.12. The van der Waals surface area contributed by atoms with E-state index in [-0.39, 0.29) is 0 Å². The van der Waals surface area contributed by atoms with Crippen molar-refractivity contribution in [3.8, 4) is 6.07 Å². The third-order valence-corrected chi connectivity index (χ3v) is 5.34. The number of hydrogen-bond donors (Lipinski definition) is 0. The van der Waals surface area contributed by atoms with Gasteiger partial charge in [-0.05, 0) is 58.8 Å². The predicted octanol–water partition coefficient (Wildman–Crippen LogP) is 2.80. The average Bonchev–Trinajstić information content (AvgIpc) is 2.81. The highest BCUT2D eigenvalue weighted by Gasteiger charge is 2.71. The molecule has 0 N–H and O–H groups in total. The lowest BCUT2D eigenvalue weighted by Crippen LogP contribution is -2.20. The number of nitriles is 1. The molecule has 6 atom stereocenters. The van der Waals surface area contributed by atoms with Crippen molar-refractivity contribution in [3.63, 3.8) is 0 Å². The summed E-state index contributed by atoms with van der Waals surface area (Å²) in [7, 11) is 0. The maximum Gasteiger partial charge on any atom is 0.0991 e. The van der Waals surface area contributed by atoms with Crippen molar-refractivity contribution >= 4 is 0 Å². The molecule has 0 unspecified atom stereocenters. The lowest BCUT2D eigenvalue weighted by molar-refractivity contribution is 0.398. The van der Waals surface area contributed by atoms with E-state index in [1.54, 1.807) is 5.56 Å². The SMILES string of the molecule is N#Cc1ccc2c(c1)[C@@H]1[C@@H]3C=C[C@@H]3[C@@H]3[C@H]2[C@H]13. The monoisotopic (exact) mass is 205 g/mol. The van der Waals surface area contributed by atoms with Gasteiger partial charge in [-0.1, -0.05) is 18.2 Å². The van der Waals surface area contributed by atoms with Crippen LogP contribution in [0.4, 0.5) is 0 Å². The number of rotatable bonds is 0. The predicted molar refractivity (Wildman–Crippen MR) is 59.7 cm³/mol. The Hall–Kier alpha value is -1.55. The van der Waals surface area contributed by atoms with Gasteiger partial charge in [0.25, 0.3) is 0 Å². The third kappa shape index (κ3) is 0.593. The zero-order chi connectivity index (χ0) is 10.4. The molecule has 0 radical (unpaired) electrons. The first kappa shape index (κ1) is 7.68. The van der Waals surface area contributed by atoms with Gasteiger partial charge in [0.05, 0.1) is 11.6 Å². The second-order valence-corrected chi connectivity index (χ2v) is 5.70. The molecule has 1 aromatic rings. The van der Waals surface area contributed by atoms with E-state index in [2.05, 4.69) is 30.4 Å². The first-order chi connectivity index (χ1) is 7.90. The molecule has 0 amide bonds. The molecular formula is C15H11N. The van der Waals surface area contributed by atoms with Gasteiger partial charge in [-0.2, -0.15) is 5.26 Å². The van der Waals surface area contributed by atoms with Gasteiger partial charge in [-0.25, -0.2) is 0 Å². The second-order valence-electron chi connectivity index (χ2n) is 5.70. The van der Waals surface area contributed by atoms with Gasteiger partial charge >= 0.3 is 0 Å². The Labute approximate surface area is 94.4 Å². The zero-order valence-corrected chi connectivity index (χ0v) is 8.80. The van der Waals surface area contributed by atoms with E-state index >= 15 is 0 Å². The molecule has 16 heavy (non-hydrogen) atoms. The van der Waals surface area contributed by atoms with Crippen molar-refractivity contribution in [2.75, 3.05) is 0 Å². The quantitative estimate of drug-likeness (QED) is 0.597. The molecular weight excluding hydrogens is 194 g/mol. The Bertz CT molecular complexity index is 592. The Balaban J connectivity index is 1.75. The fourth-order valence-corrected chi connectivity index (χ4v) is 4.75. The summed E-state index contributed by atoms with van der Waals surface area (Å²) in [5.74, 6) is 5.17. The molecule has 4 aliphatic rings. The van der Waals surface area contributed by atoms with E-state index in [9.17, 15) is 0 Å². The second kappa shape index (κ2) is 2.11. The molecule has 1 nitrogen and oxygen atoms in total. The van der Waals surface area contributed by atoms with Crippen LogP contribution in [0.3, 0.4) is 0 Å². The van der Waals surface area contributed by atoms with Crippen molar-refractivity contribution in [3.05, 3.63) is 47.0 Å². The normalized spacial score (nSPS) is 47.7. The van der Waals surface area contributed by atoms with Gasteiger partial charge in [0, 0.05) is 0 Å². The largest absolute Gasteiger partial charge is 0.192 e. The van der Waals surface area contributed by atoms with E-state index in [0.717, 1.165) is 41.1 Å². The van der Waals surface area contributed by atoms with Crippen LogP contribution in [0.25, 0.3) is 0 Å². The molecule has 4 aliphatic carbocycles. The summed E-state index contributed by atoms with van der Waals surface area (Å²) in [6.45, 7) is 0. The summed E-state index contributed by atoms with van der Waals surface area (Å²) in [5, 5.41) is 8.98. The van der Waals surface area contributed by atoms with Crippen molar-refractivity contribution in [2.24, 2.45) is 23.7 Å². The van der Waals surface area contributed by atoms with Gasteiger partial charge in [0.1, 0.15) is 0 Å². The molecule has 1 heteroatoms. The van der Waals surface area contributed by atoms with Crippen LogP contribution in [0.1, 0.15) is 28.5 Å². The van der Waals surface area contributed by atoms with E-state index < -0.39 is 0 Å². The minimum absolute atomic E-state index is 0.758. The third-order valence-electron chi connectivity index (χ3n) is 5.34. The van der Waals surface area contributed by atoms with Gasteiger partial charge in [-0.3, -0.25) is 0 Å². The summed E-state index contributed by atoms with van der Waals surface area (Å²) >= 11 is 0. The Morgan fingerprint density at radius 1 is 0.938 bits per heavy atom. The highest BCUT2D eigenvalue weighted by molar-refractivity contribution is 5.56. The highest BCUT2D eigenvalue weighted by Crippen LogP contribution is 2.80. The van der Waals surface area contributed by atoms with E-state index in [1.807, 2.05) is 6.07 Å². The van der Waals surface area contributed by atoms with Gasteiger partial charge < -0.3 is 0 Å². The molecule has 0 aromatic heterocycles. The number of hydrogen-bond acceptors (Lipinski definition) is 1. The maximum atomic E-state index is 8.98. The van der Waals surface area contributed by atoms with Crippen LogP contribution < -0.4 is 0 Å². The Kier molecular flexibility index (Phi) is 1.01. The van der Waals surface area contributed by atoms with Crippen LogP contribution in [0, 0.1) is 35.0 Å². The molecule has 0 saturated heterocycles. The summed E-state index contributed by atoms with van der Waals surface area (Å²) in [5.41, 5.74) is 3.90. The minimum Gasteiger partial charge on any atom is -0.192 e. The maximum absolute atomic E-state index is 8.98. The summed E-state index contributed by atoms with van der Waals surface area (Å²) in [6, 6.07) is 8.63. The van der Waals surface area contributed by atoms with Crippen molar-refractivity contribution in [1.82, 2.24) is 0 Å². The van der Waals surface area contributed by atoms with Crippen LogP contribution >= 0.6 is 0 Å². The fraction of sp³-hybridized carbons (Fsp3) is 0.400. The number of fused-ring (bicyclic) bond motifs is 7. The number of allylic oxidation sites excluding steroid dienone is 2. The van der Waals surface area contributed by atoms with E-state index in [4.69, 9.17) is 5.26 Å². The van der Waals surface area contributed by atoms with Gasteiger partial charge in [-0.15, -0.1) is 0 Å². The first-order valence-corrected chi connectivity index (χ1v) is 6.12. The minimum atomic E-state index is 0.758. The van der Waals surface area contributed by atoms with Crippen LogP contribution in [0.15, 0.2) is 30.4 Å². The fourth-order valence-electron chi connectivity index (χ4n) is 4.75. The summed E-state index contributed by atoms with van der Waals surface area (Å²) in [6.07, 6.45) is 4.81. The molecule has 0 heterocycles. The molecule has 76 valence electrons. The van der Waals surface area contributed by atoms with E-state index in [1.165, 1.54) is 5.56 Å². The van der Waals surface area contributed by atoms with Crippen molar-refractivity contribution < 1.29 is 0 Å². The van der Waals surface area contributed by atoms with Crippen molar-refractivity contribution in [2.45, 2.75) is 11.8 Å². The molecule has 0 aliphatic heterocycles. The van der Waals surface area contributed by atoms with Crippen molar-refractivity contribution in [1.29, 1.82) is 5.26 Å². The summed E-state index contributed by atoms with van der Waals surface area (Å²) < 4.78 is 0. The Morgan fingerprint density at radius 3 is 2.56 bits per heavy atom. The lowest BCUT2D eigenvalue weighted by Gasteiger charge is -2.28. The number of nitrogens with zero attached hydrogens (tertiary/aromatic N) is 1. The van der Waals surface area contributed by atoms with E-state index in [0.29, 0.717) is 0 Å². The van der Waals surface area contributed by atoms with Gasteiger partial charge in [0.15, 0.2) is 0 Å². The zero-order valence-electron chi connectivity index (χ0n) is 8.80. The van der Waals surface area contributed by atoms with Crippen LogP contribution in [0.5, 0.6) is 0 Å². The van der Waals surface area contributed by atoms with Crippen LogP contribution in [-0.4, -0.2) is 0 Å². The molecule has 2 fully saturated rings. The topological polar surface area (TPSA) is 23.8 Å². The highest BCUT2D eigenvalue weighted by atomic mass is 14.7. The molecule has 2 saturated carbocycles. The lowest BCUT2D eigenvalue weighted by atomic mass is 9.76. The molecule has 0 bridgehead atoms. The molecule has 5 rings (SSSR count). The standard InChI is InChI=1S/C15H11N/c16-6-7-1-2-10-11(5-7)12-8-3-4-9(8)13-14(10)15(12)13/h1-5,8-9,12-15H/t8-,9+,12+,13-,14+,15-/m1/s1. The molecule has 1 aromatic carbocycles. The number of benzene rings is 1. The van der Waals surface area contributed by atoms with Crippen LogP contribution in [-0.2, 0) is 0 Å². The average molecular weight is 205 g/mol. The summed E-state index contributed by atoms with van der Waals surface area (Å²) in [4.78, 5) is 0. The van der Waals surface area contributed by atoms with Crippen LogP contribution in [0.2, 0.25) is 0 Å². The smallest absolute Gasteiger partial charge is 0.0991 e. The molecule has 0 spiro atoms. The van der Waals surface area contributed by atoms with Gasteiger partial charge in [0.2, 0.25) is 0 Å². The Morgan fingerprint density at radius 2 is 1.81 bits per heavy atom.